The molecule has 5 nitrogen and oxygen atoms in total. The molecule has 0 aliphatic rings. The molecule has 92 valence electrons. The maximum absolute atomic E-state index is 5.47. The van der Waals surface area contributed by atoms with Crippen LogP contribution in [0.25, 0.3) is 0 Å². The van der Waals surface area contributed by atoms with Gasteiger partial charge in [0, 0.05) is 13.7 Å². The van der Waals surface area contributed by atoms with Gasteiger partial charge in [0.05, 0.1) is 25.5 Å². The minimum atomic E-state index is 0.202. The number of hydrogen-bond donors (Lipinski definition) is 1. The smallest absolute Gasteiger partial charge is 0.208 e. The highest BCUT2D eigenvalue weighted by atomic mass is 16.5. The molecule has 0 spiro atoms. The van der Waals surface area contributed by atoms with Crippen LogP contribution in [0.4, 0.5) is 0 Å². The van der Waals surface area contributed by atoms with Crippen LogP contribution in [0.15, 0.2) is 10.6 Å². The van der Waals surface area contributed by atoms with Gasteiger partial charge in [-0.15, -0.1) is 0 Å². The van der Waals surface area contributed by atoms with Crippen LogP contribution in [-0.2, 0) is 22.6 Å². The van der Waals surface area contributed by atoms with Crippen LogP contribution in [-0.4, -0.2) is 31.3 Å². The summed E-state index contributed by atoms with van der Waals surface area (Å²) in [5.41, 5.74) is 0. The van der Waals surface area contributed by atoms with Gasteiger partial charge in [-0.05, 0) is 13.8 Å². The Morgan fingerprint density at radius 1 is 1.50 bits per heavy atom. The molecule has 0 saturated carbocycles. The first-order valence-electron chi connectivity index (χ1n) is 5.47. The summed E-state index contributed by atoms with van der Waals surface area (Å²) in [5.74, 6) is 1.44. The average molecular weight is 228 g/mol. The molecule has 0 fully saturated rings. The van der Waals surface area contributed by atoms with Crippen molar-refractivity contribution in [2.45, 2.75) is 33.1 Å². The molecular weight excluding hydrogens is 208 g/mol. The van der Waals surface area contributed by atoms with Gasteiger partial charge in [0.15, 0.2) is 0 Å². The number of ether oxygens (including phenoxy) is 2. The number of hydrogen-bond acceptors (Lipinski definition) is 5. The van der Waals surface area contributed by atoms with Gasteiger partial charge in [0.25, 0.3) is 0 Å². The lowest BCUT2D eigenvalue weighted by Gasteiger charge is -2.04. The van der Waals surface area contributed by atoms with Gasteiger partial charge in [-0.2, -0.15) is 0 Å². The summed E-state index contributed by atoms with van der Waals surface area (Å²) in [7, 11) is 1.67. The molecule has 1 aromatic rings. The Morgan fingerprint density at radius 3 is 3.00 bits per heavy atom. The second-order valence-electron chi connectivity index (χ2n) is 3.75. The standard InChI is InChI=1S/C11H20N2O3/c1-9(2)15-8-10-6-13-11(16-10)7-12-4-5-14-3/h6,9,12H,4-5,7-8H2,1-3H3. The molecule has 16 heavy (non-hydrogen) atoms. The average Bonchev–Trinajstić information content (AvgIpc) is 2.70. The number of nitrogens with one attached hydrogen (secondary N) is 1. The highest BCUT2D eigenvalue weighted by Gasteiger charge is 2.04. The second-order valence-corrected chi connectivity index (χ2v) is 3.75. The summed E-state index contributed by atoms with van der Waals surface area (Å²) in [6.45, 7) is 6.54. The predicted molar refractivity (Wildman–Crippen MR) is 60.0 cm³/mol. The van der Waals surface area contributed by atoms with E-state index in [1.54, 1.807) is 13.3 Å². The molecule has 0 aliphatic heterocycles. The maximum Gasteiger partial charge on any atom is 0.208 e. The van der Waals surface area contributed by atoms with E-state index in [0.29, 0.717) is 25.6 Å². The van der Waals surface area contributed by atoms with Crippen LogP contribution in [0.2, 0.25) is 0 Å². The van der Waals surface area contributed by atoms with Crippen LogP contribution >= 0.6 is 0 Å². The quantitative estimate of drug-likeness (QED) is 0.680. The third kappa shape index (κ3) is 5.25. The zero-order valence-corrected chi connectivity index (χ0v) is 10.2. The largest absolute Gasteiger partial charge is 0.442 e. The van der Waals surface area contributed by atoms with Gasteiger partial charge < -0.3 is 19.2 Å². The minimum Gasteiger partial charge on any atom is -0.442 e. The fraction of sp³-hybridized carbons (Fsp3) is 0.727. The lowest BCUT2D eigenvalue weighted by atomic mass is 10.5. The fourth-order valence-corrected chi connectivity index (χ4v) is 1.11. The van der Waals surface area contributed by atoms with E-state index in [1.807, 2.05) is 13.8 Å². The van der Waals surface area contributed by atoms with E-state index in [0.717, 1.165) is 12.3 Å². The topological polar surface area (TPSA) is 56.5 Å². The van der Waals surface area contributed by atoms with Crippen molar-refractivity contribution in [2.24, 2.45) is 0 Å². The van der Waals surface area contributed by atoms with Crippen molar-refractivity contribution >= 4 is 0 Å². The Bertz CT molecular complexity index is 287. The minimum absolute atomic E-state index is 0.202. The molecular formula is C11H20N2O3. The zero-order valence-electron chi connectivity index (χ0n) is 10.2. The Balaban J connectivity index is 2.22. The van der Waals surface area contributed by atoms with E-state index in [-0.39, 0.29) is 6.10 Å². The van der Waals surface area contributed by atoms with E-state index < -0.39 is 0 Å². The third-order valence-electron chi connectivity index (χ3n) is 1.92. The normalized spacial score (nSPS) is 11.2. The molecule has 0 aromatic carbocycles. The van der Waals surface area contributed by atoms with Crippen LogP contribution in [0, 0.1) is 0 Å². The van der Waals surface area contributed by atoms with Gasteiger partial charge in [-0.3, -0.25) is 0 Å². The van der Waals surface area contributed by atoms with E-state index in [9.17, 15) is 0 Å². The molecule has 0 radical (unpaired) electrons. The molecule has 1 aromatic heterocycles. The Kier molecular flexibility index (Phi) is 6.07. The highest BCUT2D eigenvalue weighted by Crippen LogP contribution is 2.06. The molecule has 0 unspecified atom stereocenters. The molecule has 1 N–H and O–H groups in total. The molecule has 0 bridgehead atoms. The Morgan fingerprint density at radius 2 is 2.31 bits per heavy atom. The van der Waals surface area contributed by atoms with Crippen molar-refractivity contribution in [3.63, 3.8) is 0 Å². The molecule has 1 rings (SSSR count). The lowest BCUT2D eigenvalue weighted by Crippen LogP contribution is -2.18. The maximum atomic E-state index is 5.47. The third-order valence-corrected chi connectivity index (χ3v) is 1.92. The van der Waals surface area contributed by atoms with Crippen molar-refractivity contribution in [2.75, 3.05) is 20.3 Å². The van der Waals surface area contributed by atoms with Crippen molar-refractivity contribution in [3.8, 4) is 0 Å². The number of aromatic nitrogens is 1. The first-order chi connectivity index (χ1) is 7.72. The Labute approximate surface area is 96.1 Å². The van der Waals surface area contributed by atoms with Crippen LogP contribution < -0.4 is 5.32 Å². The van der Waals surface area contributed by atoms with E-state index in [1.165, 1.54) is 0 Å². The molecule has 0 amide bonds. The fourth-order valence-electron chi connectivity index (χ4n) is 1.11. The summed E-state index contributed by atoms with van der Waals surface area (Å²) in [6.07, 6.45) is 1.91. The van der Waals surface area contributed by atoms with Gasteiger partial charge in [0.1, 0.15) is 12.4 Å². The van der Waals surface area contributed by atoms with E-state index in [4.69, 9.17) is 13.9 Å². The van der Waals surface area contributed by atoms with Gasteiger partial charge in [0.2, 0.25) is 5.89 Å². The molecule has 5 heteroatoms. The number of rotatable bonds is 8. The highest BCUT2D eigenvalue weighted by molar-refractivity contribution is 4.92. The second kappa shape index (κ2) is 7.38. The monoisotopic (exact) mass is 228 g/mol. The van der Waals surface area contributed by atoms with E-state index >= 15 is 0 Å². The molecule has 0 aliphatic carbocycles. The SMILES string of the molecule is COCCNCc1ncc(COC(C)C)o1. The van der Waals surface area contributed by atoms with Crippen LogP contribution in [0.3, 0.4) is 0 Å². The predicted octanol–water partition coefficient (Wildman–Crippen LogP) is 1.34. The van der Waals surface area contributed by atoms with Crippen molar-refractivity contribution < 1.29 is 13.9 Å². The Hall–Kier alpha value is -0.910. The number of oxazole rings is 1. The van der Waals surface area contributed by atoms with Gasteiger partial charge >= 0.3 is 0 Å². The summed E-state index contributed by atoms with van der Waals surface area (Å²) in [4.78, 5) is 4.14. The number of nitrogens with zero attached hydrogens (tertiary/aromatic N) is 1. The molecule has 1 heterocycles. The summed E-state index contributed by atoms with van der Waals surface area (Å²) < 4.78 is 15.8. The summed E-state index contributed by atoms with van der Waals surface area (Å²) in [5, 5.41) is 3.16. The molecule has 0 saturated heterocycles. The van der Waals surface area contributed by atoms with Crippen molar-refractivity contribution in [1.29, 1.82) is 0 Å². The first kappa shape index (κ1) is 13.2. The summed E-state index contributed by atoms with van der Waals surface area (Å²) in [6, 6.07) is 0. The van der Waals surface area contributed by atoms with E-state index in [2.05, 4.69) is 10.3 Å². The van der Waals surface area contributed by atoms with Crippen LogP contribution in [0.1, 0.15) is 25.5 Å². The van der Waals surface area contributed by atoms with Gasteiger partial charge in [-0.1, -0.05) is 0 Å². The van der Waals surface area contributed by atoms with Crippen LogP contribution in [0.5, 0.6) is 0 Å². The lowest BCUT2D eigenvalue weighted by molar-refractivity contribution is 0.0538. The van der Waals surface area contributed by atoms with Gasteiger partial charge in [-0.25, -0.2) is 4.98 Å². The summed E-state index contributed by atoms with van der Waals surface area (Å²) >= 11 is 0. The zero-order chi connectivity index (χ0) is 11.8. The van der Waals surface area contributed by atoms with Crippen molar-refractivity contribution in [1.82, 2.24) is 10.3 Å². The molecule has 0 atom stereocenters. The first-order valence-corrected chi connectivity index (χ1v) is 5.47. The van der Waals surface area contributed by atoms with Crippen molar-refractivity contribution in [3.05, 3.63) is 17.8 Å². The number of methoxy groups -OCH3 is 1.